The first-order valence-corrected chi connectivity index (χ1v) is 10.5. The molecule has 0 aliphatic heterocycles. The summed E-state index contributed by atoms with van der Waals surface area (Å²) in [5.41, 5.74) is 9.64. The Morgan fingerprint density at radius 3 is 2.67 bits per heavy atom. The fourth-order valence-corrected chi connectivity index (χ4v) is 3.09. The fraction of sp³-hybridized carbons (Fsp3) is 0.136. The molecule has 0 saturated carbocycles. The largest absolute Gasteiger partial charge is 0.494 e. The van der Waals surface area contributed by atoms with E-state index < -0.39 is 18.5 Å². The molecule has 0 unspecified atom stereocenters. The molecule has 184 valence electrons. The molecule has 0 bridgehead atoms. The minimum atomic E-state index is -1.08. The molecule has 4 rings (SSSR count). The molecule has 14 nitrogen and oxygen atoms in total. The number of hydrogen-bond donors (Lipinski definition) is 3. The number of carboxylic acids is 1. The second-order valence-corrected chi connectivity index (χ2v) is 7.08. The number of carbonyl (C=O) groups excluding carboxylic acids is 1. The molecule has 14 heteroatoms. The summed E-state index contributed by atoms with van der Waals surface area (Å²) in [5, 5.41) is 27.9. The molecule has 0 fully saturated rings. The van der Waals surface area contributed by atoms with Gasteiger partial charge in [0.2, 0.25) is 11.6 Å². The fourth-order valence-electron chi connectivity index (χ4n) is 3.09. The predicted molar refractivity (Wildman–Crippen MR) is 125 cm³/mol. The summed E-state index contributed by atoms with van der Waals surface area (Å²) >= 11 is 0. The lowest BCUT2D eigenvalue weighted by molar-refractivity contribution is -0.139. The molecule has 0 aliphatic rings. The van der Waals surface area contributed by atoms with Gasteiger partial charge in [0, 0.05) is 5.56 Å². The van der Waals surface area contributed by atoms with Crippen LogP contribution in [0.15, 0.2) is 58.3 Å². The summed E-state index contributed by atoms with van der Waals surface area (Å²) in [5.74, 6) is -0.739. The van der Waals surface area contributed by atoms with Gasteiger partial charge in [-0.3, -0.25) is 4.79 Å². The number of carbonyl (C=O) groups is 2. The molecule has 0 radical (unpaired) electrons. The van der Waals surface area contributed by atoms with E-state index in [1.807, 2.05) is 6.92 Å². The number of amides is 1. The average Bonchev–Trinajstić information content (AvgIpc) is 3.50. The number of anilines is 1. The molecule has 36 heavy (non-hydrogen) atoms. The van der Waals surface area contributed by atoms with Crippen LogP contribution in [-0.2, 0) is 4.79 Å². The molecule has 0 spiro atoms. The summed E-state index contributed by atoms with van der Waals surface area (Å²) in [7, 11) is 0. The Bertz CT molecular complexity index is 1400. The van der Waals surface area contributed by atoms with Crippen molar-refractivity contribution in [1.82, 2.24) is 30.7 Å². The molecule has 0 aliphatic carbocycles. The van der Waals surface area contributed by atoms with E-state index in [1.54, 1.807) is 48.5 Å². The number of nitrogens with one attached hydrogen (secondary N) is 1. The lowest BCUT2D eigenvalue weighted by Crippen LogP contribution is -2.19. The summed E-state index contributed by atoms with van der Waals surface area (Å²) < 4.78 is 16.6. The predicted octanol–water partition coefficient (Wildman–Crippen LogP) is 1.53. The third-order valence-electron chi connectivity index (χ3n) is 4.62. The van der Waals surface area contributed by atoms with Gasteiger partial charge in [0.25, 0.3) is 5.91 Å². The Hall–Kier alpha value is -5.27. The highest BCUT2D eigenvalue weighted by molar-refractivity contribution is 5.99. The summed E-state index contributed by atoms with van der Waals surface area (Å²) in [6, 6.07) is 13.4. The van der Waals surface area contributed by atoms with E-state index in [9.17, 15) is 9.59 Å². The lowest BCUT2D eigenvalue weighted by atomic mass is 10.1. The van der Waals surface area contributed by atoms with Gasteiger partial charge in [-0.05, 0) is 59.2 Å². The van der Waals surface area contributed by atoms with E-state index in [0.29, 0.717) is 29.2 Å². The van der Waals surface area contributed by atoms with Crippen molar-refractivity contribution < 1.29 is 28.8 Å². The number of hydrazone groups is 1. The highest BCUT2D eigenvalue weighted by Gasteiger charge is 2.25. The van der Waals surface area contributed by atoms with E-state index in [1.165, 1.54) is 10.9 Å². The van der Waals surface area contributed by atoms with Crippen molar-refractivity contribution in [3.63, 3.8) is 0 Å². The molecule has 2 aromatic heterocycles. The van der Waals surface area contributed by atoms with E-state index in [0.717, 1.165) is 0 Å². The third-order valence-corrected chi connectivity index (χ3v) is 4.62. The van der Waals surface area contributed by atoms with Gasteiger partial charge in [-0.15, -0.1) is 5.10 Å². The number of nitrogen functional groups attached to an aromatic ring is 1. The molecule has 1 amide bonds. The van der Waals surface area contributed by atoms with Crippen LogP contribution < -0.4 is 20.6 Å². The molecule has 2 aromatic carbocycles. The molecule has 0 saturated heterocycles. The van der Waals surface area contributed by atoms with Crippen LogP contribution in [0.2, 0.25) is 0 Å². The normalized spacial score (nSPS) is 10.9. The van der Waals surface area contributed by atoms with Crippen LogP contribution in [0.4, 0.5) is 5.82 Å². The summed E-state index contributed by atoms with van der Waals surface area (Å²) in [4.78, 5) is 23.6. The van der Waals surface area contributed by atoms with Gasteiger partial charge in [0.1, 0.15) is 17.2 Å². The number of nitrogens with zero attached hydrogens (tertiary/aromatic N) is 6. The van der Waals surface area contributed by atoms with Gasteiger partial charge in [-0.2, -0.15) is 9.78 Å². The number of benzene rings is 2. The highest BCUT2D eigenvalue weighted by atomic mass is 16.6. The maximum atomic E-state index is 13.0. The quantitative estimate of drug-likeness (QED) is 0.215. The van der Waals surface area contributed by atoms with Gasteiger partial charge < -0.3 is 20.3 Å². The van der Waals surface area contributed by atoms with Crippen molar-refractivity contribution in [3.8, 4) is 28.6 Å². The first-order chi connectivity index (χ1) is 17.5. The average molecular weight is 492 g/mol. The van der Waals surface area contributed by atoms with Crippen LogP contribution >= 0.6 is 0 Å². The van der Waals surface area contributed by atoms with Crippen LogP contribution in [0.3, 0.4) is 0 Å². The molecular weight excluding hydrogens is 472 g/mol. The Morgan fingerprint density at radius 2 is 1.97 bits per heavy atom. The molecule has 4 N–H and O–H groups in total. The van der Waals surface area contributed by atoms with Crippen molar-refractivity contribution in [1.29, 1.82) is 0 Å². The minimum Gasteiger partial charge on any atom is -0.494 e. The first-order valence-electron chi connectivity index (χ1n) is 10.5. The number of ether oxygens (including phenoxy) is 2. The van der Waals surface area contributed by atoms with E-state index in [2.05, 4.69) is 35.8 Å². The van der Waals surface area contributed by atoms with Gasteiger partial charge in [-0.1, -0.05) is 17.3 Å². The Balaban J connectivity index is 1.58. The molecule has 0 atom stereocenters. The zero-order chi connectivity index (χ0) is 25.5. The second kappa shape index (κ2) is 10.8. The zero-order valence-electron chi connectivity index (χ0n) is 18.9. The first kappa shape index (κ1) is 23.9. The van der Waals surface area contributed by atoms with Crippen LogP contribution in [0.5, 0.6) is 11.5 Å². The van der Waals surface area contributed by atoms with E-state index >= 15 is 0 Å². The Kier molecular flexibility index (Phi) is 7.14. The number of carboxylic acid groups (broad SMARTS) is 1. The van der Waals surface area contributed by atoms with Gasteiger partial charge in [-0.25, -0.2) is 14.8 Å². The Morgan fingerprint density at radius 1 is 1.17 bits per heavy atom. The van der Waals surface area contributed by atoms with Gasteiger partial charge in [0.05, 0.1) is 12.8 Å². The maximum absolute atomic E-state index is 13.0. The second-order valence-electron chi connectivity index (χ2n) is 7.08. The van der Waals surface area contributed by atoms with Gasteiger partial charge in [0.15, 0.2) is 12.3 Å². The van der Waals surface area contributed by atoms with Crippen molar-refractivity contribution in [3.05, 3.63) is 59.8 Å². The highest BCUT2D eigenvalue weighted by Crippen LogP contribution is 2.29. The third kappa shape index (κ3) is 5.44. The van der Waals surface area contributed by atoms with Crippen LogP contribution in [0, 0.1) is 0 Å². The lowest BCUT2D eigenvalue weighted by Gasteiger charge is -2.08. The topological polar surface area (TPSA) is 193 Å². The van der Waals surface area contributed by atoms with Crippen molar-refractivity contribution in [2.75, 3.05) is 18.9 Å². The van der Waals surface area contributed by atoms with Crippen molar-refractivity contribution >= 4 is 23.9 Å². The standard InChI is InChI=1S/C22H20N8O6/c1-2-34-16-5-3-4-14(10-16)19-18(25-29-30(19)21-20(23)27-36-28-21)22(33)26-24-11-13-6-8-15(9-7-13)35-12-17(31)32/h3-11H,2,12H2,1H3,(H2,23,27)(H,26,33)(H,31,32)/b24-11-. The van der Waals surface area contributed by atoms with Crippen LogP contribution in [0.25, 0.3) is 17.1 Å². The number of rotatable bonds is 10. The number of nitrogens with two attached hydrogens (primary N) is 1. The SMILES string of the molecule is CCOc1cccc(-c2c(C(=O)N/N=C\c3ccc(OCC(=O)O)cc3)nnn2-c2nonc2N)c1. The summed E-state index contributed by atoms with van der Waals surface area (Å²) in [6.07, 6.45) is 1.40. The Labute approximate surface area is 203 Å². The number of hydrogen-bond acceptors (Lipinski definition) is 11. The zero-order valence-corrected chi connectivity index (χ0v) is 18.9. The minimum absolute atomic E-state index is 0.0390. The van der Waals surface area contributed by atoms with E-state index in [-0.39, 0.29) is 23.0 Å². The van der Waals surface area contributed by atoms with Crippen LogP contribution in [-0.4, -0.2) is 61.7 Å². The number of aromatic nitrogens is 5. The van der Waals surface area contributed by atoms with Crippen LogP contribution in [0.1, 0.15) is 23.0 Å². The summed E-state index contributed by atoms with van der Waals surface area (Å²) in [6.45, 7) is 1.86. The molecular formula is C22H20N8O6. The van der Waals surface area contributed by atoms with Gasteiger partial charge >= 0.3 is 5.97 Å². The van der Waals surface area contributed by atoms with E-state index in [4.69, 9.17) is 20.3 Å². The van der Waals surface area contributed by atoms with Crippen molar-refractivity contribution in [2.45, 2.75) is 6.92 Å². The maximum Gasteiger partial charge on any atom is 0.341 e. The smallest absolute Gasteiger partial charge is 0.341 e. The number of aliphatic carboxylic acids is 1. The molecule has 4 aromatic rings. The molecule has 2 heterocycles. The monoisotopic (exact) mass is 492 g/mol. The van der Waals surface area contributed by atoms with Crippen molar-refractivity contribution in [2.24, 2.45) is 5.10 Å².